The summed E-state index contributed by atoms with van der Waals surface area (Å²) in [4.78, 5) is 94.6. The molecular formula is C67H119N7O13. The molecule has 20 heteroatoms. The molecule has 500 valence electrons. The molecule has 0 aromatic heterocycles. The summed E-state index contributed by atoms with van der Waals surface area (Å²) in [7, 11) is 0. The number of carbonyl (C=O) groups is 7. The number of aliphatic hydroxyl groups is 4. The molecule has 1 saturated heterocycles. The van der Waals surface area contributed by atoms with Crippen molar-refractivity contribution >= 4 is 41.4 Å². The van der Waals surface area contributed by atoms with E-state index < -0.39 is 97.6 Å². The summed E-state index contributed by atoms with van der Waals surface area (Å²) in [5.41, 5.74) is 0.721. The van der Waals surface area contributed by atoms with Crippen LogP contribution in [0.4, 0.5) is 0 Å². The molecule has 1 heterocycles. The van der Waals surface area contributed by atoms with Crippen LogP contribution in [0.3, 0.4) is 0 Å². The van der Waals surface area contributed by atoms with Crippen LogP contribution in [-0.4, -0.2) is 149 Å². The van der Waals surface area contributed by atoms with Crippen LogP contribution in [0, 0.1) is 5.92 Å². The Morgan fingerprint density at radius 1 is 0.483 bits per heavy atom. The highest BCUT2D eigenvalue weighted by Crippen LogP contribution is 2.22. The molecule has 0 unspecified atom stereocenters. The van der Waals surface area contributed by atoms with Gasteiger partial charge in [0.05, 0.1) is 19.8 Å². The molecule has 0 spiro atoms. The third-order valence-electron chi connectivity index (χ3n) is 16.1. The van der Waals surface area contributed by atoms with E-state index in [4.69, 9.17) is 9.47 Å². The molecule has 0 radical (unpaired) electrons. The van der Waals surface area contributed by atoms with Gasteiger partial charge in [-0.1, -0.05) is 212 Å². The summed E-state index contributed by atoms with van der Waals surface area (Å²) < 4.78 is 10.8. The molecule has 20 nitrogen and oxygen atoms in total. The molecule has 1 aromatic carbocycles. The Labute approximate surface area is 522 Å². The molecule has 1 aliphatic rings. The van der Waals surface area contributed by atoms with Gasteiger partial charge in [0.25, 0.3) is 0 Å². The fraction of sp³-hybridized carbons (Fsp3) is 0.806. The number of unbranched alkanes of at least 4 members (excludes halogenated alkanes) is 25. The second-order valence-corrected chi connectivity index (χ2v) is 24.6. The average Bonchev–Trinajstić information content (AvgIpc) is 3.06. The summed E-state index contributed by atoms with van der Waals surface area (Å²) in [6.45, 7) is 9.21. The third-order valence-corrected chi connectivity index (χ3v) is 16.1. The molecule has 1 aromatic rings. The second-order valence-electron chi connectivity index (χ2n) is 24.6. The van der Waals surface area contributed by atoms with Gasteiger partial charge in [-0.25, -0.2) is 0 Å². The highest BCUT2D eigenvalue weighted by Gasteiger charge is 2.44. The van der Waals surface area contributed by atoms with Gasteiger partial charge in [-0.3, -0.25) is 33.6 Å². The maximum atomic E-state index is 14.1. The number of carbonyl (C=O) groups excluding carboxylic acids is 7. The quantitative estimate of drug-likeness (QED) is 0.0277. The number of aliphatic hydroxyl groups excluding tert-OH is 4. The number of benzene rings is 1. The second kappa shape index (κ2) is 50.1. The van der Waals surface area contributed by atoms with Gasteiger partial charge < -0.3 is 67.1 Å². The first-order chi connectivity index (χ1) is 42.0. The van der Waals surface area contributed by atoms with E-state index in [0.717, 1.165) is 44.1 Å². The maximum absolute atomic E-state index is 14.1. The predicted molar refractivity (Wildman–Crippen MR) is 341 cm³/mol. The van der Waals surface area contributed by atoms with Crippen molar-refractivity contribution in [2.45, 2.75) is 308 Å². The fourth-order valence-electron chi connectivity index (χ4n) is 10.7. The SMILES string of the molecule is CCCCCCCCCCCCCCCC(=O)NCCCC[C@H](NC(=O)CCCCCCCCCCCCCCC)C(=O)N[C@@H](C)C(=O)N[C@@H](CC(C)C)C(=O)N[C@@H](Cc1ccccc1)C(=O)NCC(=O)NCCCO[C@@H]1O[C@H](CO)[C@H](O)[C@H](O)[C@H]1O. The van der Waals surface area contributed by atoms with Crippen LogP contribution in [-0.2, 0) is 49.5 Å². The van der Waals surface area contributed by atoms with E-state index in [-0.39, 0.29) is 63.0 Å². The van der Waals surface area contributed by atoms with Crippen molar-refractivity contribution in [1.29, 1.82) is 0 Å². The highest BCUT2D eigenvalue weighted by molar-refractivity contribution is 5.96. The van der Waals surface area contributed by atoms with Crippen molar-refractivity contribution in [2.24, 2.45) is 5.92 Å². The van der Waals surface area contributed by atoms with Crippen LogP contribution in [0.2, 0.25) is 0 Å². The first-order valence-corrected chi connectivity index (χ1v) is 34.0. The van der Waals surface area contributed by atoms with Gasteiger partial charge in [0, 0.05) is 32.4 Å². The molecule has 1 fully saturated rings. The zero-order valence-electron chi connectivity index (χ0n) is 54.2. The lowest BCUT2D eigenvalue weighted by Crippen LogP contribution is -2.59. The Hall–Kier alpha value is -4.73. The standard InChI is InChI=1S/C67H119N7O13/c1-6-8-10-12-14-16-18-20-22-24-26-28-33-41-57(76)68-43-36-35-40-53(72-58(77)42-34-29-27-25-23-21-19-17-15-13-11-9-7-2)65(84)71-51(5)63(82)73-54(46-50(3)4)66(85)74-55(47-52-38-31-30-32-39-52)64(83)70-48-59(78)69-44-37-45-86-67-62(81)61(80)60(79)56(49-75)87-67/h30-32,38-39,50-51,53-56,60-62,67,75,79-81H,6-29,33-37,40-49H2,1-5H3,(H,68,76)(H,69,78)(H,70,83)(H,71,84)(H,72,77)(H,73,82)(H,74,85)/t51-,53-,54-,55-,56+,60-,61-,62+,67+/m0/s1. The highest BCUT2D eigenvalue weighted by atomic mass is 16.7. The van der Waals surface area contributed by atoms with E-state index in [9.17, 15) is 54.0 Å². The molecule has 0 bridgehead atoms. The van der Waals surface area contributed by atoms with Crippen molar-refractivity contribution in [3.63, 3.8) is 0 Å². The first-order valence-electron chi connectivity index (χ1n) is 34.0. The van der Waals surface area contributed by atoms with Crippen molar-refractivity contribution in [2.75, 3.05) is 32.8 Å². The van der Waals surface area contributed by atoms with Crippen molar-refractivity contribution < 1.29 is 63.5 Å². The molecule has 87 heavy (non-hydrogen) atoms. The summed E-state index contributed by atoms with van der Waals surface area (Å²) in [6, 6.07) is 4.63. The topological polar surface area (TPSA) is 303 Å². The zero-order valence-corrected chi connectivity index (χ0v) is 54.2. The monoisotopic (exact) mass is 1230 g/mol. The van der Waals surface area contributed by atoms with Gasteiger partial charge in [-0.2, -0.15) is 0 Å². The largest absolute Gasteiger partial charge is 0.394 e. The van der Waals surface area contributed by atoms with Crippen LogP contribution >= 0.6 is 0 Å². The van der Waals surface area contributed by atoms with E-state index in [1.54, 1.807) is 24.3 Å². The van der Waals surface area contributed by atoms with Crippen molar-refractivity contribution in [3.05, 3.63) is 35.9 Å². The minimum atomic E-state index is -1.59. The number of ether oxygens (including phenoxy) is 2. The number of nitrogens with one attached hydrogen (secondary N) is 7. The third kappa shape index (κ3) is 37.8. The minimum absolute atomic E-state index is 0.00953. The molecule has 7 amide bonds. The molecule has 1 aliphatic heterocycles. The number of hydrogen-bond acceptors (Lipinski definition) is 13. The lowest BCUT2D eigenvalue weighted by atomic mass is 9.99. The summed E-state index contributed by atoms with van der Waals surface area (Å²) >= 11 is 0. The van der Waals surface area contributed by atoms with Crippen LogP contribution < -0.4 is 37.2 Å². The number of rotatable bonds is 53. The summed E-state index contributed by atoms with van der Waals surface area (Å²) in [5.74, 6) is -3.36. The molecule has 0 saturated carbocycles. The first kappa shape index (κ1) is 78.4. The van der Waals surface area contributed by atoms with Crippen LogP contribution in [0.5, 0.6) is 0 Å². The Bertz CT molecular complexity index is 2000. The minimum Gasteiger partial charge on any atom is -0.394 e. The van der Waals surface area contributed by atoms with E-state index >= 15 is 0 Å². The summed E-state index contributed by atoms with van der Waals surface area (Å²) in [5, 5.41) is 59.1. The summed E-state index contributed by atoms with van der Waals surface area (Å²) in [6.07, 6.45) is 26.9. The molecule has 0 aliphatic carbocycles. The lowest BCUT2D eigenvalue weighted by molar-refractivity contribution is -0.301. The number of amides is 7. The maximum Gasteiger partial charge on any atom is 0.243 e. The Balaban J connectivity index is 1.98. The van der Waals surface area contributed by atoms with E-state index in [1.807, 2.05) is 19.9 Å². The van der Waals surface area contributed by atoms with Crippen LogP contribution in [0.25, 0.3) is 0 Å². The van der Waals surface area contributed by atoms with Gasteiger partial charge in [0.15, 0.2) is 6.29 Å². The smallest absolute Gasteiger partial charge is 0.243 e. The Morgan fingerprint density at radius 2 is 0.966 bits per heavy atom. The van der Waals surface area contributed by atoms with Crippen LogP contribution in [0.15, 0.2) is 30.3 Å². The zero-order chi connectivity index (χ0) is 63.9. The lowest BCUT2D eigenvalue weighted by Gasteiger charge is -2.39. The van der Waals surface area contributed by atoms with Crippen LogP contribution in [0.1, 0.15) is 252 Å². The van der Waals surface area contributed by atoms with Gasteiger partial charge in [-0.15, -0.1) is 0 Å². The normalized spacial score (nSPS) is 18.0. The van der Waals surface area contributed by atoms with E-state index in [1.165, 1.54) is 129 Å². The van der Waals surface area contributed by atoms with Crippen molar-refractivity contribution in [1.82, 2.24) is 37.2 Å². The fourth-order valence-corrected chi connectivity index (χ4v) is 10.7. The van der Waals surface area contributed by atoms with Gasteiger partial charge in [0.2, 0.25) is 41.4 Å². The van der Waals surface area contributed by atoms with Gasteiger partial charge in [-0.05, 0) is 63.4 Å². The number of hydrogen-bond donors (Lipinski definition) is 11. The molecular weight excluding hydrogens is 1110 g/mol. The molecule has 9 atom stereocenters. The van der Waals surface area contributed by atoms with Gasteiger partial charge in [0.1, 0.15) is 48.6 Å². The molecule has 11 N–H and O–H groups in total. The van der Waals surface area contributed by atoms with Crippen molar-refractivity contribution in [3.8, 4) is 0 Å². The van der Waals surface area contributed by atoms with Gasteiger partial charge >= 0.3 is 0 Å². The van der Waals surface area contributed by atoms with E-state index in [2.05, 4.69) is 51.1 Å². The Kier molecular flexibility index (Phi) is 45.1. The Morgan fingerprint density at radius 3 is 1.49 bits per heavy atom. The van der Waals surface area contributed by atoms with E-state index in [0.29, 0.717) is 32.2 Å². The average molecular weight is 1230 g/mol. The predicted octanol–water partition coefficient (Wildman–Crippen LogP) is 7.92. The molecule has 2 rings (SSSR count).